The quantitative estimate of drug-likeness (QED) is 0.636. The Morgan fingerprint density at radius 2 is 2.00 bits per heavy atom. The molecule has 1 unspecified atom stereocenters. The summed E-state index contributed by atoms with van der Waals surface area (Å²) in [7, 11) is 0. The molecule has 0 aromatic rings. The molecule has 3 N–H and O–H groups in total. The second-order valence-electron chi connectivity index (χ2n) is 4.81. The van der Waals surface area contributed by atoms with Crippen LogP contribution in [0, 0.1) is 5.41 Å². The van der Waals surface area contributed by atoms with Gasteiger partial charge in [-0.05, 0) is 25.7 Å². The first-order valence-electron chi connectivity index (χ1n) is 6.32. The second kappa shape index (κ2) is 5.89. The normalized spacial score (nSPS) is 18.2. The smallest absolute Gasteiger partial charge is 0.315 e. The molecule has 98 valence electrons. The molecule has 0 aromatic carbocycles. The van der Waals surface area contributed by atoms with Gasteiger partial charge in [-0.3, -0.25) is 4.79 Å². The number of carboxylic acid groups (broad SMARTS) is 1. The molecule has 0 spiro atoms. The van der Waals surface area contributed by atoms with Gasteiger partial charge in [-0.1, -0.05) is 20.3 Å². The van der Waals surface area contributed by atoms with Gasteiger partial charge in [0.15, 0.2) is 0 Å². The lowest BCUT2D eigenvalue weighted by Crippen LogP contribution is -2.44. The molecule has 1 rings (SSSR count). The largest absolute Gasteiger partial charge is 0.481 e. The fourth-order valence-corrected chi connectivity index (χ4v) is 1.83. The molecule has 0 aliphatic heterocycles. The van der Waals surface area contributed by atoms with Crippen LogP contribution in [0.25, 0.3) is 0 Å². The summed E-state index contributed by atoms with van der Waals surface area (Å²) in [5.74, 6) is -0.807. The molecular formula is C12H22N2O3. The summed E-state index contributed by atoms with van der Waals surface area (Å²) >= 11 is 0. The molecule has 2 amide bonds. The lowest BCUT2D eigenvalue weighted by atomic mass is 10.1. The third kappa shape index (κ3) is 3.91. The number of hydrogen-bond donors (Lipinski definition) is 3. The van der Waals surface area contributed by atoms with Gasteiger partial charge in [0, 0.05) is 12.6 Å². The van der Waals surface area contributed by atoms with E-state index in [1.165, 1.54) is 0 Å². The molecule has 0 bridgehead atoms. The zero-order chi connectivity index (χ0) is 12.9. The monoisotopic (exact) mass is 242 g/mol. The summed E-state index contributed by atoms with van der Waals surface area (Å²) in [6, 6.07) is -0.0715. The van der Waals surface area contributed by atoms with Gasteiger partial charge in [-0.2, -0.15) is 0 Å². The van der Waals surface area contributed by atoms with Crippen LogP contribution in [-0.4, -0.2) is 29.7 Å². The third-order valence-corrected chi connectivity index (χ3v) is 3.36. The van der Waals surface area contributed by atoms with Crippen molar-refractivity contribution in [3.05, 3.63) is 0 Å². The van der Waals surface area contributed by atoms with Crippen LogP contribution in [0.5, 0.6) is 0 Å². The van der Waals surface area contributed by atoms with Crippen LogP contribution >= 0.6 is 0 Å². The molecule has 1 aliphatic rings. The highest BCUT2D eigenvalue weighted by molar-refractivity contribution is 5.80. The number of aliphatic carboxylic acids is 1. The van der Waals surface area contributed by atoms with Crippen LogP contribution in [-0.2, 0) is 4.79 Å². The lowest BCUT2D eigenvalue weighted by Gasteiger charge is -2.18. The van der Waals surface area contributed by atoms with Crippen molar-refractivity contribution in [1.29, 1.82) is 0 Å². The molecule has 17 heavy (non-hydrogen) atoms. The summed E-state index contributed by atoms with van der Waals surface area (Å²) in [4.78, 5) is 22.5. The van der Waals surface area contributed by atoms with E-state index in [0.29, 0.717) is 12.8 Å². The Kier molecular flexibility index (Phi) is 4.78. The minimum absolute atomic E-state index is 0.181. The highest BCUT2D eigenvalue weighted by Gasteiger charge is 2.50. The molecule has 1 atom stereocenters. The molecule has 0 saturated heterocycles. The maximum atomic E-state index is 11.6. The van der Waals surface area contributed by atoms with Crippen molar-refractivity contribution >= 4 is 12.0 Å². The van der Waals surface area contributed by atoms with E-state index in [9.17, 15) is 9.59 Å². The Hall–Kier alpha value is -1.26. The maximum Gasteiger partial charge on any atom is 0.315 e. The van der Waals surface area contributed by atoms with Gasteiger partial charge >= 0.3 is 12.0 Å². The number of carboxylic acids is 1. The van der Waals surface area contributed by atoms with Crippen LogP contribution in [0.3, 0.4) is 0 Å². The van der Waals surface area contributed by atoms with E-state index < -0.39 is 11.4 Å². The van der Waals surface area contributed by atoms with Crippen LogP contribution < -0.4 is 10.6 Å². The molecule has 1 aliphatic carbocycles. The van der Waals surface area contributed by atoms with E-state index in [1.807, 2.05) is 6.92 Å². The van der Waals surface area contributed by atoms with Crippen LogP contribution in [0.15, 0.2) is 0 Å². The number of nitrogens with one attached hydrogen (secondary N) is 2. The number of hydrogen-bond acceptors (Lipinski definition) is 2. The van der Waals surface area contributed by atoms with Crippen molar-refractivity contribution in [3.8, 4) is 0 Å². The van der Waals surface area contributed by atoms with Crippen LogP contribution in [0.1, 0.15) is 46.0 Å². The topological polar surface area (TPSA) is 78.4 Å². The Bertz CT molecular complexity index is 287. The standard InChI is InChI=1S/C12H22N2O3/c1-3-5-9(4-2)14-11(17)13-8-12(6-7-12)10(15)16/h9H,3-8H2,1-2H3,(H,15,16)(H2,13,14,17). The van der Waals surface area contributed by atoms with Gasteiger partial charge in [-0.25, -0.2) is 4.79 Å². The van der Waals surface area contributed by atoms with E-state index in [2.05, 4.69) is 17.6 Å². The van der Waals surface area contributed by atoms with E-state index in [4.69, 9.17) is 5.11 Å². The Morgan fingerprint density at radius 1 is 1.35 bits per heavy atom. The number of urea groups is 1. The van der Waals surface area contributed by atoms with Crippen molar-refractivity contribution in [3.63, 3.8) is 0 Å². The highest BCUT2D eigenvalue weighted by atomic mass is 16.4. The van der Waals surface area contributed by atoms with Gasteiger partial charge in [0.1, 0.15) is 0 Å². The van der Waals surface area contributed by atoms with Crippen LogP contribution in [0.2, 0.25) is 0 Å². The number of amides is 2. The van der Waals surface area contributed by atoms with Gasteiger partial charge in [0.25, 0.3) is 0 Å². The predicted octanol–water partition coefficient (Wildman–Crippen LogP) is 1.73. The van der Waals surface area contributed by atoms with Crippen molar-refractivity contribution < 1.29 is 14.7 Å². The first-order valence-corrected chi connectivity index (χ1v) is 6.32. The van der Waals surface area contributed by atoms with Crippen molar-refractivity contribution in [2.75, 3.05) is 6.54 Å². The Labute approximate surface area is 102 Å². The molecule has 0 aromatic heterocycles. The first kappa shape index (κ1) is 13.8. The fourth-order valence-electron chi connectivity index (χ4n) is 1.83. The van der Waals surface area contributed by atoms with E-state index in [0.717, 1.165) is 19.3 Å². The summed E-state index contributed by atoms with van der Waals surface area (Å²) in [5, 5.41) is 14.5. The van der Waals surface area contributed by atoms with Crippen molar-refractivity contribution in [1.82, 2.24) is 10.6 Å². The fraction of sp³-hybridized carbons (Fsp3) is 0.833. The SMILES string of the molecule is CCCC(CC)NC(=O)NCC1(C(=O)O)CC1. The zero-order valence-corrected chi connectivity index (χ0v) is 10.6. The minimum atomic E-state index is -0.807. The highest BCUT2D eigenvalue weighted by Crippen LogP contribution is 2.45. The van der Waals surface area contributed by atoms with E-state index >= 15 is 0 Å². The molecule has 0 heterocycles. The van der Waals surface area contributed by atoms with Crippen LogP contribution in [0.4, 0.5) is 4.79 Å². The van der Waals surface area contributed by atoms with Gasteiger partial charge in [0.05, 0.1) is 5.41 Å². The van der Waals surface area contributed by atoms with E-state index in [1.54, 1.807) is 0 Å². The summed E-state index contributed by atoms with van der Waals surface area (Å²) in [5.41, 5.74) is -0.691. The lowest BCUT2D eigenvalue weighted by molar-refractivity contribution is -0.143. The second-order valence-corrected chi connectivity index (χ2v) is 4.81. The van der Waals surface area contributed by atoms with E-state index in [-0.39, 0.29) is 18.6 Å². The first-order chi connectivity index (χ1) is 8.04. The van der Waals surface area contributed by atoms with Gasteiger partial charge in [0.2, 0.25) is 0 Å². The third-order valence-electron chi connectivity index (χ3n) is 3.36. The number of rotatable bonds is 7. The minimum Gasteiger partial charge on any atom is -0.481 e. The Morgan fingerprint density at radius 3 is 2.41 bits per heavy atom. The summed E-state index contributed by atoms with van der Waals surface area (Å²) in [6.45, 7) is 4.34. The zero-order valence-electron chi connectivity index (χ0n) is 10.6. The molecule has 5 nitrogen and oxygen atoms in total. The summed E-state index contributed by atoms with van der Waals surface area (Å²) in [6.07, 6.45) is 4.20. The van der Waals surface area contributed by atoms with Crippen molar-refractivity contribution in [2.45, 2.75) is 52.0 Å². The average molecular weight is 242 g/mol. The molecule has 1 fully saturated rings. The van der Waals surface area contributed by atoms with Gasteiger partial charge in [-0.15, -0.1) is 0 Å². The average Bonchev–Trinajstić information content (AvgIpc) is 3.07. The summed E-state index contributed by atoms with van der Waals surface area (Å²) < 4.78 is 0. The maximum absolute atomic E-state index is 11.6. The van der Waals surface area contributed by atoms with Gasteiger partial charge < -0.3 is 15.7 Å². The molecule has 5 heteroatoms. The number of carbonyl (C=O) groups is 2. The Balaban J connectivity index is 2.28. The molecule has 0 radical (unpaired) electrons. The molecular weight excluding hydrogens is 220 g/mol. The predicted molar refractivity (Wildman–Crippen MR) is 64.8 cm³/mol. The molecule has 1 saturated carbocycles. The van der Waals surface area contributed by atoms with Crippen molar-refractivity contribution in [2.24, 2.45) is 5.41 Å². The number of carbonyl (C=O) groups excluding carboxylic acids is 1.